The van der Waals surface area contributed by atoms with E-state index in [2.05, 4.69) is 77.4 Å². The van der Waals surface area contributed by atoms with E-state index >= 15 is 0 Å². The Morgan fingerprint density at radius 2 is 1.48 bits per heavy atom. The van der Waals surface area contributed by atoms with Gasteiger partial charge in [-0.05, 0) is 90.6 Å². The summed E-state index contributed by atoms with van der Waals surface area (Å²) < 4.78 is 6.17. The zero-order valence-electron chi connectivity index (χ0n) is 23.0. The van der Waals surface area contributed by atoms with Crippen molar-refractivity contribution >= 4 is 11.8 Å². The van der Waals surface area contributed by atoms with Gasteiger partial charge in [-0.15, -0.1) is 0 Å². The van der Waals surface area contributed by atoms with Crippen LogP contribution < -0.4 is 9.64 Å². The van der Waals surface area contributed by atoms with Crippen LogP contribution in [0.5, 0.6) is 17.2 Å². The quantitative estimate of drug-likeness (QED) is 0.292. The lowest BCUT2D eigenvalue weighted by Crippen LogP contribution is -2.47. The smallest absolute Gasteiger partial charge is 0.142 e. The molecule has 0 bridgehead atoms. The highest BCUT2D eigenvalue weighted by molar-refractivity contribution is 5.63. The summed E-state index contributed by atoms with van der Waals surface area (Å²) in [5.74, 6) is 1.43. The molecule has 1 heterocycles. The highest BCUT2D eigenvalue weighted by Gasteiger charge is 2.33. The molecule has 2 N–H and O–H groups in total. The van der Waals surface area contributed by atoms with Crippen molar-refractivity contribution in [3.05, 3.63) is 125 Å². The zero-order valence-corrected chi connectivity index (χ0v) is 23.0. The number of piperazine rings is 1. The molecule has 0 aromatic heterocycles. The molecule has 5 nitrogen and oxygen atoms in total. The number of aryl methyl sites for hydroxylation is 1. The first-order valence-electron chi connectivity index (χ1n) is 14.0. The molecule has 0 amide bonds. The van der Waals surface area contributed by atoms with E-state index in [0.29, 0.717) is 6.73 Å². The molecule has 1 saturated heterocycles. The Morgan fingerprint density at radius 1 is 0.775 bits per heavy atom. The van der Waals surface area contributed by atoms with E-state index < -0.39 is 0 Å². The van der Waals surface area contributed by atoms with E-state index in [1.807, 2.05) is 24.3 Å². The summed E-state index contributed by atoms with van der Waals surface area (Å²) in [6.45, 7) is 6.67. The summed E-state index contributed by atoms with van der Waals surface area (Å²) in [5.41, 5.74) is 6.97. The van der Waals surface area contributed by atoms with Gasteiger partial charge in [-0.2, -0.15) is 0 Å². The van der Waals surface area contributed by atoms with Gasteiger partial charge in [0.15, 0.2) is 0 Å². The van der Waals surface area contributed by atoms with Crippen LogP contribution >= 0.6 is 0 Å². The average molecular weight is 533 g/mol. The first-order chi connectivity index (χ1) is 19.5. The number of fused-ring (bicyclic) bond motifs is 1. The van der Waals surface area contributed by atoms with Crippen LogP contribution in [0.2, 0.25) is 0 Å². The number of rotatable bonds is 7. The SMILES string of the molecule is Cc1ccc(N2CCN(COc3ccc(CC4(c5ccc(O)cc5)C=Cc5cc(O)ccc5C4)cc3)CC2)cc1. The summed E-state index contributed by atoms with van der Waals surface area (Å²) in [4.78, 5) is 4.80. The summed E-state index contributed by atoms with van der Waals surface area (Å²) in [6.07, 6.45) is 6.00. The number of hydrogen-bond donors (Lipinski definition) is 2. The molecule has 204 valence electrons. The number of aromatic hydroxyl groups is 2. The van der Waals surface area contributed by atoms with E-state index in [4.69, 9.17) is 4.74 Å². The third-order valence-corrected chi connectivity index (χ3v) is 8.29. The lowest BCUT2D eigenvalue weighted by molar-refractivity contribution is 0.120. The lowest BCUT2D eigenvalue weighted by atomic mass is 9.68. The summed E-state index contributed by atoms with van der Waals surface area (Å²) >= 11 is 0. The van der Waals surface area contributed by atoms with Gasteiger partial charge in [-0.1, -0.05) is 60.2 Å². The van der Waals surface area contributed by atoms with Gasteiger partial charge in [0.2, 0.25) is 0 Å². The molecule has 0 spiro atoms. The molecule has 6 rings (SSSR count). The minimum atomic E-state index is -0.253. The van der Waals surface area contributed by atoms with Crippen LogP contribution in [0.4, 0.5) is 5.69 Å². The van der Waals surface area contributed by atoms with Crippen LogP contribution in [-0.4, -0.2) is 48.0 Å². The van der Waals surface area contributed by atoms with E-state index in [9.17, 15) is 10.2 Å². The maximum Gasteiger partial charge on any atom is 0.142 e. The van der Waals surface area contributed by atoms with Crippen LogP contribution in [0.25, 0.3) is 6.08 Å². The number of allylic oxidation sites excluding steroid dienone is 1. The molecule has 0 radical (unpaired) electrons. The van der Waals surface area contributed by atoms with E-state index in [0.717, 1.165) is 55.9 Å². The lowest BCUT2D eigenvalue weighted by Gasteiger charge is -2.36. The van der Waals surface area contributed by atoms with Gasteiger partial charge < -0.3 is 19.8 Å². The second kappa shape index (κ2) is 11.1. The molecule has 1 aliphatic carbocycles. The van der Waals surface area contributed by atoms with Crippen molar-refractivity contribution in [2.45, 2.75) is 25.2 Å². The number of ether oxygens (including phenoxy) is 1. The molecule has 0 saturated carbocycles. The van der Waals surface area contributed by atoms with Gasteiger partial charge >= 0.3 is 0 Å². The number of phenols is 2. The normalized spacial score (nSPS) is 18.9. The first-order valence-corrected chi connectivity index (χ1v) is 14.0. The predicted molar refractivity (Wildman–Crippen MR) is 161 cm³/mol. The van der Waals surface area contributed by atoms with Crippen LogP contribution in [0.1, 0.15) is 27.8 Å². The minimum absolute atomic E-state index is 0.253. The number of benzene rings is 4. The molecule has 4 aromatic carbocycles. The fourth-order valence-corrected chi connectivity index (χ4v) is 5.89. The van der Waals surface area contributed by atoms with Gasteiger partial charge in [0.1, 0.15) is 24.0 Å². The fourth-order valence-electron chi connectivity index (χ4n) is 5.89. The van der Waals surface area contributed by atoms with E-state index in [1.165, 1.54) is 22.4 Å². The van der Waals surface area contributed by atoms with Crippen LogP contribution in [-0.2, 0) is 18.3 Å². The standard InChI is InChI=1S/C35H36N2O3/c1-26-2-9-31(10-3-26)37-20-18-36(19-21-37)25-40-34-14-4-27(5-15-34)23-35(30-7-12-32(38)13-8-30)17-16-28-22-33(39)11-6-29(28)24-35/h2-17,22,38-39H,18-21,23-25H2,1H3. The van der Waals surface area contributed by atoms with E-state index in [1.54, 1.807) is 18.2 Å². The Labute approximate surface area is 236 Å². The molecule has 5 heteroatoms. The maximum absolute atomic E-state index is 9.94. The largest absolute Gasteiger partial charge is 0.508 e. The van der Waals surface area contributed by atoms with Crippen molar-refractivity contribution in [3.8, 4) is 17.2 Å². The van der Waals surface area contributed by atoms with Crippen LogP contribution in [0.3, 0.4) is 0 Å². The Hall–Kier alpha value is -4.22. The van der Waals surface area contributed by atoms with Crippen molar-refractivity contribution in [2.75, 3.05) is 37.8 Å². The number of hydrogen-bond acceptors (Lipinski definition) is 5. The molecule has 40 heavy (non-hydrogen) atoms. The van der Waals surface area contributed by atoms with E-state index in [-0.39, 0.29) is 16.9 Å². The van der Waals surface area contributed by atoms with Gasteiger partial charge in [-0.3, -0.25) is 4.90 Å². The third kappa shape index (κ3) is 5.70. The monoisotopic (exact) mass is 532 g/mol. The molecule has 1 atom stereocenters. The predicted octanol–water partition coefficient (Wildman–Crippen LogP) is 6.31. The van der Waals surface area contributed by atoms with Crippen LogP contribution in [0.15, 0.2) is 97.1 Å². The van der Waals surface area contributed by atoms with Gasteiger partial charge in [0.05, 0.1) is 0 Å². The highest BCUT2D eigenvalue weighted by atomic mass is 16.5. The molecule has 1 aliphatic heterocycles. The Balaban J connectivity index is 1.10. The molecule has 2 aliphatic rings. The van der Waals surface area contributed by atoms with Gasteiger partial charge in [0.25, 0.3) is 0 Å². The molecule has 1 fully saturated rings. The molecular weight excluding hydrogens is 496 g/mol. The maximum atomic E-state index is 9.94. The summed E-state index contributed by atoms with van der Waals surface area (Å²) in [6, 6.07) is 30.4. The van der Waals surface area contributed by atoms with Crippen molar-refractivity contribution in [2.24, 2.45) is 0 Å². The minimum Gasteiger partial charge on any atom is -0.508 e. The Bertz CT molecular complexity index is 1470. The summed E-state index contributed by atoms with van der Waals surface area (Å²) in [7, 11) is 0. The fraction of sp³-hybridized carbons (Fsp3) is 0.257. The summed E-state index contributed by atoms with van der Waals surface area (Å²) in [5, 5.41) is 19.8. The Morgan fingerprint density at radius 3 is 2.20 bits per heavy atom. The second-order valence-corrected chi connectivity index (χ2v) is 11.1. The topological polar surface area (TPSA) is 56.2 Å². The zero-order chi connectivity index (χ0) is 27.5. The van der Waals surface area contributed by atoms with Crippen molar-refractivity contribution in [3.63, 3.8) is 0 Å². The number of phenolic OH excluding ortho intramolecular Hbond substituents is 2. The Kier molecular flexibility index (Phi) is 7.23. The first kappa shape index (κ1) is 26.0. The average Bonchev–Trinajstić information content (AvgIpc) is 2.98. The highest BCUT2D eigenvalue weighted by Crippen LogP contribution is 2.40. The van der Waals surface area contributed by atoms with Crippen LogP contribution in [0, 0.1) is 6.92 Å². The number of anilines is 1. The molecule has 1 unspecified atom stereocenters. The van der Waals surface area contributed by atoms with Gasteiger partial charge in [0, 0.05) is 37.3 Å². The molecular formula is C35H36N2O3. The number of nitrogens with zero attached hydrogens (tertiary/aromatic N) is 2. The van der Waals surface area contributed by atoms with Crippen molar-refractivity contribution in [1.82, 2.24) is 4.90 Å². The van der Waals surface area contributed by atoms with Crippen molar-refractivity contribution in [1.29, 1.82) is 0 Å². The second-order valence-electron chi connectivity index (χ2n) is 11.1. The van der Waals surface area contributed by atoms with Gasteiger partial charge in [-0.25, -0.2) is 0 Å². The molecule has 4 aromatic rings. The third-order valence-electron chi connectivity index (χ3n) is 8.29. The van der Waals surface area contributed by atoms with Crippen molar-refractivity contribution < 1.29 is 14.9 Å².